The Morgan fingerprint density at radius 2 is 2.47 bits per heavy atom. The monoisotopic (exact) mass is 227 g/mol. The Morgan fingerprint density at radius 1 is 1.67 bits per heavy atom. The van der Waals surface area contributed by atoms with Gasteiger partial charge in [-0.25, -0.2) is 9.78 Å². The number of hydrogen-bond donors (Lipinski definition) is 1. The topological polar surface area (TPSA) is 59.4 Å². The zero-order valence-corrected chi connectivity index (χ0v) is 9.34. The molecule has 1 atom stereocenters. The van der Waals surface area contributed by atoms with Gasteiger partial charge in [-0.2, -0.15) is 0 Å². The van der Waals surface area contributed by atoms with E-state index in [0.29, 0.717) is 0 Å². The summed E-state index contributed by atoms with van der Waals surface area (Å²) in [5.74, 6) is -0.967. The van der Waals surface area contributed by atoms with Gasteiger partial charge in [0, 0.05) is 12.8 Å². The molecule has 1 aliphatic rings. The van der Waals surface area contributed by atoms with E-state index in [1.807, 2.05) is 6.92 Å². The van der Waals surface area contributed by atoms with Crippen LogP contribution in [0.4, 0.5) is 0 Å². The molecule has 1 saturated heterocycles. The van der Waals surface area contributed by atoms with Crippen LogP contribution in [0.15, 0.2) is 6.20 Å². The Labute approximate surface area is 91.9 Å². The number of carbonyl (C=O) groups is 1. The van der Waals surface area contributed by atoms with Crippen molar-refractivity contribution >= 4 is 17.3 Å². The average Bonchev–Trinajstić information content (AvgIpc) is 2.68. The van der Waals surface area contributed by atoms with Crippen molar-refractivity contribution < 1.29 is 14.6 Å². The van der Waals surface area contributed by atoms with E-state index in [1.165, 1.54) is 11.3 Å². The molecule has 2 heterocycles. The van der Waals surface area contributed by atoms with Crippen LogP contribution in [0.2, 0.25) is 0 Å². The molecule has 2 rings (SSSR count). The van der Waals surface area contributed by atoms with Crippen molar-refractivity contribution in [1.29, 1.82) is 0 Å². The smallest absolute Gasteiger partial charge is 0.365 e. The second-order valence-corrected chi connectivity index (χ2v) is 4.90. The number of ether oxygens (including phenoxy) is 1. The minimum absolute atomic E-state index is 0.139. The molecule has 5 heteroatoms. The maximum Gasteiger partial charge on any atom is 0.365 e. The van der Waals surface area contributed by atoms with Crippen LogP contribution in [0.3, 0.4) is 0 Å². The highest BCUT2D eigenvalue weighted by Crippen LogP contribution is 2.37. The maximum atomic E-state index is 10.7. The lowest BCUT2D eigenvalue weighted by atomic mass is 9.95. The third kappa shape index (κ3) is 2.03. The van der Waals surface area contributed by atoms with Gasteiger partial charge in [0.05, 0.1) is 4.88 Å². The SMILES string of the molecule is CC1(c2cnc(C(=O)O)s2)CCCCO1. The zero-order valence-electron chi connectivity index (χ0n) is 8.52. The van der Waals surface area contributed by atoms with Gasteiger partial charge in [0.2, 0.25) is 5.01 Å². The van der Waals surface area contributed by atoms with Crippen LogP contribution in [-0.2, 0) is 10.3 Å². The summed E-state index contributed by atoms with van der Waals surface area (Å²) in [7, 11) is 0. The Morgan fingerprint density at radius 3 is 3.00 bits per heavy atom. The standard InChI is InChI=1S/C10H13NO3S/c1-10(4-2-3-5-14-10)7-6-11-8(15-7)9(12)13/h6H,2-5H2,1H3,(H,12,13). The van der Waals surface area contributed by atoms with Gasteiger partial charge in [-0.15, -0.1) is 11.3 Å². The van der Waals surface area contributed by atoms with Crippen molar-refractivity contribution in [3.05, 3.63) is 16.1 Å². The summed E-state index contributed by atoms with van der Waals surface area (Å²) in [6.07, 6.45) is 4.77. The highest BCUT2D eigenvalue weighted by Gasteiger charge is 2.32. The Kier molecular flexibility index (Phi) is 2.75. The first-order valence-corrected chi connectivity index (χ1v) is 5.77. The van der Waals surface area contributed by atoms with Crippen LogP contribution in [0, 0.1) is 0 Å². The molecule has 0 radical (unpaired) electrons. The number of nitrogens with zero attached hydrogens (tertiary/aromatic N) is 1. The number of rotatable bonds is 2. The van der Waals surface area contributed by atoms with Gasteiger partial charge in [0.15, 0.2) is 0 Å². The van der Waals surface area contributed by atoms with Crippen LogP contribution in [0.5, 0.6) is 0 Å². The molecule has 4 nitrogen and oxygen atoms in total. The van der Waals surface area contributed by atoms with E-state index >= 15 is 0 Å². The zero-order chi connectivity index (χ0) is 10.9. The van der Waals surface area contributed by atoms with Crippen molar-refractivity contribution in [3.8, 4) is 0 Å². The second kappa shape index (κ2) is 3.90. The summed E-state index contributed by atoms with van der Waals surface area (Å²) in [6.45, 7) is 2.75. The maximum absolute atomic E-state index is 10.7. The lowest BCUT2D eigenvalue weighted by molar-refractivity contribution is -0.0677. The molecular formula is C10H13NO3S. The molecule has 0 bridgehead atoms. The number of carboxylic acids is 1. The molecule has 15 heavy (non-hydrogen) atoms. The predicted octanol–water partition coefficient (Wildman–Crippen LogP) is 2.26. The van der Waals surface area contributed by atoms with Gasteiger partial charge in [0.25, 0.3) is 0 Å². The van der Waals surface area contributed by atoms with E-state index in [1.54, 1.807) is 6.20 Å². The molecule has 82 valence electrons. The molecule has 1 aromatic rings. The lowest BCUT2D eigenvalue weighted by Crippen LogP contribution is -2.29. The highest BCUT2D eigenvalue weighted by molar-refractivity contribution is 7.13. The third-order valence-corrected chi connectivity index (χ3v) is 3.91. The Bertz CT molecular complexity index is 368. The van der Waals surface area contributed by atoms with Crippen molar-refractivity contribution in [2.24, 2.45) is 0 Å². The van der Waals surface area contributed by atoms with Gasteiger partial charge in [-0.05, 0) is 26.2 Å². The Hall–Kier alpha value is -0.940. The molecule has 1 aromatic heterocycles. The molecule has 1 N–H and O–H groups in total. The molecule has 0 spiro atoms. The summed E-state index contributed by atoms with van der Waals surface area (Å²) >= 11 is 1.21. The number of aromatic nitrogens is 1. The number of hydrogen-bond acceptors (Lipinski definition) is 4. The van der Waals surface area contributed by atoms with Crippen LogP contribution < -0.4 is 0 Å². The molecule has 1 unspecified atom stereocenters. The summed E-state index contributed by atoms with van der Waals surface area (Å²) in [5, 5.41) is 8.93. The van der Waals surface area contributed by atoms with Gasteiger partial charge in [-0.1, -0.05) is 0 Å². The number of thiazole rings is 1. The van der Waals surface area contributed by atoms with E-state index in [-0.39, 0.29) is 10.6 Å². The van der Waals surface area contributed by atoms with E-state index in [2.05, 4.69) is 4.98 Å². The fraction of sp³-hybridized carbons (Fsp3) is 0.600. The van der Waals surface area contributed by atoms with E-state index in [9.17, 15) is 4.79 Å². The quantitative estimate of drug-likeness (QED) is 0.841. The molecule has 0 saturated carbocycles. The predicted molar refractivity (Wildman–Crippen MR) is 56.2 cm³/mol. The van der Waals surface area contributed by atoms with Crippen molar-refractivity contribution in [2.75, 3.05) is 6.61 Å². The average molecular weight is 227 g/mol. The summed E-state index contributed by atoms with van der Waals surface area (Å²) in [4.78, 5) is 15.5. The first-order valence-electron chi connectivity index (χ1n) is 4.95. The van der Waals surface area contributed by atoms with Gasteiger partial charge < -0.3 is 9.84 Å². The molecular weight excluding hydrogens is 214 g/mol. The summed E-state index contributed by atoms with van der Waals surface area (Å²) in [6, 6.07) is 0. The summed E-state index contributed by atoms with van der Waals surface area (Å²) < 4.78 is 5.72. The molecule has 1 aliphatic heterocycles. The lowest BCUT2D eigenvalue weighted by Gasteiger charge is -2.32. The first kappa shape index (κ1) is 10.6. The highest BCUT2D eigenvalue weighted by atomic mass is 32.1. The minimum atomic E-state index is -0.967. The third-order valence-electron chi connectivity index (χ3n) is 2.68. The fourth-order valence-electron chi connectivity index (χ4n) is 1.75. The number of aromatic carboxylic acids is 1. The van der Waals surface area contributed by atoms with Crippen LogP contribution in [0.25, 0.3) is 0 Å². The van der Waals surface area contributed by atoms with E-state index in [4.69, 9.17) is 9.84 Å². The molecule has 0 aliphatic carbocycles. The molecule has 1 fully saturated rings. The van der Waals surface area contributed by atoms with Gasteiger partial charge in [0.1, 0.15) is 5.60 Å². The largest absolute Gasteiger partial charge is 0.476 e. The second-order valence-electron chi connectivity index (χ2n) is 3.87. The normalized spacial score (nSPS) is 26.5. The first-order chi connectivity index (χ1) is 7.12. The number of carboxylic acid groups (broad SMARTS) is 1. The fourth-order valence-corrected chi connectivity index (χ4v) is 2.63. The van der Waals surface area contributed by atoms with Crippen LogP contribution in [0.1, 0.15) is 40.9 Å². The summed E-state index contributed by atoms with van der Waals surface area (Å²) in [5.41, 5.74) is -0.330. The van der Waals surface area contributed by atoms with E-state index < -0.39 is 5.97 Å². The van der Waals surface area contributed by atoms with Crippen LogP contribution >= 0.6 is 11.3 Å². The van der Waals surface area contributed by atoms with Gasteiger partial charge in [-0.3, -0.25) is 0 Å². The Balaban J connectivity index is 2.23. The van der Waals surface area contributed by atoms with Crippen molar-refractivity contribution in [3.63, 3.8) is 0 Å². The minimum Gasteiger partial charge on any atom is -0.476 e. The van der Waals surface area contributed by atoms with Crippen molar-refractivity contribution in [1.82, 2.24) is 4.98 Å². The van der Waals surface area contributed by atoms with Crippen molar-refractivity contribution in [2.45, 2.75) is 31.8 Å². The van der Waals surface area contributed by atoms with Crippen LogP contribution in [-0.4, -0.2) is 22.7 Å². The van der Waals surface area contributed by atoms with Gasteiger partial charge >= 0.3 is 5.97 Å². The molecule has 0 aromatic carbocycles. The molecule has 0 amide bonds. The van der Waals surface area contributed by atoms with E-state index in [0.717, 1.165) is 30.7 Å².